The van der Waals surface area contributed by atoms with Gasteiger partial charge < -0.3 is 20.1 Å². The Bertz CT molecular complexity index is 809. The lowest BCUT2D eigenvalue weighted by Gasteiger charge is -2.42. The third kappa shape index (κ3) is 4.45. The van der Waals surface area contributed by atoms with Crippen LogP contribution in [0.5, 0.6) is 0 Å². The molecule has 0 unspecified atom stereocenters. The van der Waals surface area contributed by atoms with Crippen molar-refractivity contribution in [3.63, 3.8) is 0 Å². The van der Waals surface area contributed by atoms with Crippen LogP contribution in [0.4, 0.5) is 5.69 Å². The Labute approximate surface area is 193 Å². The summed E-state index contributed by atoms with van der Waals surface area (Å²) in [6.45, 7) is 16.0. The zero-order valence-electron chi connectivity index (χ0n) is 19.4. The van der Waals surface area contributed by atoms with Gasteiger partial charge in [0, 0.05) is 18.4 Å². The fourth-order valence-electron chi connectivity index (χ4n) is 4.24. The Morgan fingerprint density at radius 2 is 1.48 bits per heavy atom. The normalized spacial score (nSPS) is 23.4. The average Bonchev–Trinajstić information content (AvgIpc) is 3.34. The number of nitrogens with one attached hydrogen (secondary N) is 2. The number of para-hydroxylation sites is 1. The molecule has 170 valence electrons. The molecule has 0 aliphatic carbocycles. The lowest BCUT2D eigenvalue weighted by atomic mass is 9.88. The third-order valence-electron chi connectivity index (χ3n) is 6.07. The van der Waals surface area contributed by atoms with Crippen molar-refractivity contribution in [3.05, 3.63) is 42.1 Å². The van der Waals surface area contributed by atoms with E-state index in [1.807, 2.05) is 30.3 Å². The van der Waals surface area contributed by atoms with E-state index in [1.54, 1.807) is 0 Å². The fourth-order valence-corrected chi connectivity index (χ4v) is 7.59. The van der Waals surface area contributed by atoms with E-state index in [-0.39, 0.29) is 10.8 Å². The molecule has 0 bridgehead atoms. The lowest BCUT2D eigenvalue weighted by Crippen LogP contribution is -2.43. The van der Waals surface area contributed by atoms with Crippen molar-refractivity contribution in [2.75, 3.05) is 31.2 Å². The van der Waals surface area contributed by atoms with Crippen LogP contribution in [0.1, 0.15) is 41.5 Å². The quantitative estimate of drug-likeness (QED) is 0.487. The van der Waals surface area contributed by atoms with Gasteiger partial charge in [-0.2, -0.15) is 0 Å². The van der Waals surface area contributed by atoms with Crippen molar-refractivity contribution in [2.24, 2.45) is 10.8 Å². The smallest absolute Gasteiger partial charge is 0.257 e. The molecule has 4 rings (SSSR count). The van der Waals surface area contributed by atoms with E-state index in [0.29, 0.717) is 17.2 Å². The summed E-state index contributed by atoms with van der Waals surface area (Å²) in [5, 5.41) is 7.33. The molecule has 2 atom stereocenters. The molecule has 2 fully saturated rings. The highest BCUT2D eigenvalue weighted by Gasteiger charge is 2.57. The zero-order valence-corrected chi connectivity index (χ0v) is 21.1. The maximum atomic E-state index is 6.22. The second-order valence-electron chi connectivity index (χ2n) is 10.5. The Morgan fingerprint density at radius 3 is 1.97 bits per heavy atom. The SMILES string of the molecule is CC(C)(C)[C@H]1COC2=C3OC[C@H](C(C)(C)C)N3P(CCNC(=S)Nc3ccccc3)N21. The molecule has 8 heteroatoms. The van der Waals surface area contributed by atoms with E-state index in [1.165, 1.54) is 0 Å². The van der Waals surface area contributed by atoms with Crippen molar-refractivity contribution < 1.29 is 9.47 Å². The first kappa shape index (κ1) is 22.5. The third-order valence-corrected chi connectivity index (χ3v) is 8.86. The molecule has 0 saturated carbocycles. The molecule has 6 nitrogen and oxygen atoms in total. The number of rotatable bonds is 4. The van der Waals surface area contributed by atoms with Crippen LogP contribution in [0.15, 0.2) is 42.1 Å². The number of nitrogens with zero attached hydrogens (tertiary/aromatic N) is 2. The molecule has 31 heavy (non-hydrogen) atoms. The summed E-state index contributed by atoms with van der Waals surface area (Å²) < 4.78 is 17.5. The fraction of sp³-hybridized carbons (Fsp3) is 0.609. The number of thiocarbonyl (C=S) groups is 1. The van der Waals surface area contributed by atoms with Gasteiger partial charge in [0.25, 0.3) is 11.8 Å². The Balaban J connectivity index is 1.49. The molecule has 0 amide bonds. The molecule has 3 aliphatic rings. The van der Waals surface area contributed by atoms with Crippen molar-refractivity contribution in [1.82, 2.24) is 14.7 Å². The van der Waals surface area contributed by atoms with E-state index < -0.39 is 8.22 Å². The van der Waals surface area contributed by atoms with Crippen LogP contribution in [0.3, 0.4) is 0 Å². The van der Waals surface area contributed by atoms with Crippen molar-refractivity contribution in [3.8, 4) is 0 Å². The minimum atomic E-state index is -0.630. The molecular weight excluding hydrogens is 427 g/mol. The van der Waals surface area contributed by atoms with E-state index in [9.17, 15) is 0 Å². The lowest BCUT2D eigenvalue weighted by molar-refractivity contribution is 0.179. The monoisotopic (exact) mass is 462 g/mol. The molecule has 3 aliphatic heterocycles. The highest BCUT2D eigenvalue weighted by Crippen LogP contribution is 2.64. The number of ether oxygens (including phenoxy) is 2. The minimum Gasteiger partial charge on any atom is -0.473 e. The number of hydrogen-bond acceptors (Lipinski definition) is 5. The molecule has 0 spiro atoms. The van der Waals surface area contributed by atoms with Gasteiger partial charge in [-0.25, -0.2) is 0 Å². The largest absolute Gasteiger partial charge is 0.473 e. The van der Waals surface area contributed by atoms with Crippen LogP contribution in [0.25, 0.3) is 0 Å². The topological polar surface area (TPSA) is 49.0 Å². The summed E-state index contributed by atoms with van der Waals surface area (Å²) in [6.07, 6.45) is 0.977. The summed E-state index contributed by atoms with van der Waals surface area (Å²) in [7, 11) is -0.630. The van der Waals surface area contributed by atoms with E-state index in [4.69, 9.17) is 21.7 Å². The van der Waals surface area contributed by atoms with Crippen LogP contribution in [0, 0.1) is 10.8 Å². The van der Waals surface area contributed by atoms with E-state index >= 15 is 0 Å². The highest BCUT2D eigenvalue weighted by atomic mass is 32.1. The molecule has 1 aromatic rings. The summed E-state index contributed by atoms with van der Waals surface area (Å²) in [4.78, 5) is 0. The maximum Gasteiger partial charge on any atom is 0.257 e. The Kier molecular flexibility index (Phi) is 6.04. The first-order chi connectivity index (χ1) is 14.6. The van der Waals surface area contributed by atoms with Crippen molar-refractivity contribution >= 4 is 31.2 Å². The van der Waals surface area contributed by atoms with Crippen molar-refractivity contribution in [2.45, 2.75) is 53.6 Å². The molecule has 1 aromatic carbocycles. The molecule has 0 radical (unpaired) electrons. The first-order valence-electron chi connectivity index (χ1n) is 11.0. The summed E-state index contributed by atoms with van der Waals surface area (Å²) in [5.41, 5.74) is 1.24. The minimum absolute atomic E-state index is 0.122. The van der Waals surface area contributed by atoms with Crippen molar-refractivity contribution in [1.29, 1.82) is 0 Å². The van der Waals surface area contributed by atoms with E-state index in [2.05, 4.69) is 61.5 Å². The summed E-state index contributed by atoms with van der Waals surface area (Å²) in [5.74, 6) is 1.89. The van der Waals surface area contributed by atoms with Gasteiger partial charge in [-0.3, -0.25) is 9.34 Å². The van der Waals surface area contributed by atoms with Crippen LogP contribution in [-0.4, -0.2) is 52.5 Å². The summed E-state index contributed by atoms with van der Waals surface area (Å²) >= 11 is 5.53. The van der Waals surface area contributed by atoms with Gasteiger partial charge in [0.05, 0.1) is 12.1 Å². The Morgan fingerprint density at radius 1 is 0.968 bits per heavy atom. The number of hydrogen-bond donors (Lipinski definition) is 2. The van der Waals surface area contributed by atoms with Gasteiger partial charge in [0.2, 0.25) is 0 Å². The predicted octanol–water partition coefficient (Wildman–Crippen LogP) is 4.92. The van der Waals surface area contributed by atoms with Crippen LogP contribution >= 0.6 is 20.4 Å². The van der Waals surface area contributed by atoms with Crippen LogP contribution in [-0.2, 0) is 9.47 Å². The van der Waals surface area contributed by atoms with E-state index in [0.717, 1.165) is 43.4 Å². The maximum absolute atomic E-state index is 6.22. The van der Waals surface area contributed by atoms with Gasteiger partial charge >= 0.3 is 0 Å². The zero-order chi connectivity index (χ0) is 22.4. The van der Waals surface area contributed by atoms with Crippen LogP contribution < -0.4 is 10.6 Å². The molecule has 3 heterocycles. The molecular formula is C23H35N4O2PS. The second kappa shape index (κ2) is 8.32. The molecule has 2 saturated heterocycles. The van der Waals surface area contributed by atoms with Crippen LogP contribution in [0.2, 0.25) is 0 Å². The molecule has 0 aromatic heterocycles. The van der Waals surface area contributed by atoms with Gasteiger partial charge in [-0.1, -0.05) is 59.7 Å². The number of fused-ring (bicyclic) bond motifs is 2. The Hall–Kier alpha value is -1.72. The standard InChI is InChI=1S/C23H35N4O2PS/c1-22(2,3)17-14-28-19-20-27(18(15-29-20)23(4,5)6)30(26(17)19)13-12-24-21(31)25-16-10-8-7-9-11-16/h7-11,17-18H,12-15H2,1-6H3,(H2,24,25,31)/t17-,18-/m1/s1. The average molecular weight is 463 g/mol. The predicted molar refractivity (Wildman–Crippen MR) is 132 cm³/mol. The van der Waals surface area contributed by atoms with Gasteiger partial charge in [-0.15, -0.1) is 0 Å². The summed E-state index contributed by atoms with van der Waals surface area (Å²) in [6, 6.07) is 10.7. The number of anilines is 1. The molecule has 2 N–H and O–H groups in total. The first-order valence-corrected chi connectivity index (χ1v) is 12.9. The van der Waals surface area contributed by atoms with Gasteiger partial charge in [0.15, 0.2) is 5.11 Å². The highest BCUT2D eigenvalue weighted by molar-refractivity contribution is 7.80. The number of benzene rings is 1. The van der Waals surface area contributed by atoms with Gasteiger partial charge in [0.1, 0.15) is 21.4 Å². The van der Waals surface area contributed by atoms with Gasteiger partial charge in [-0.05, 0) is 35.2 Å². The second-order valence-corrected chi connectivity index (χ2v) is 13.0.